The van der Waals surface area contributed by atoms with E-state index in [1.54, 1.807) is 24.3 Å². The number of ether oxygens (including phenoxy) is 2. The fraction of sp³-hybridized carbons (Fsp3) is 0.167. The molecule has 6 heteroatoms. The fourth-order valence-corrected chi connectivity index (χ4v) is 2.96. The molecule has 3 aromatic rings. The van der Waals surface area contributed by atoms with Crippen molar-refractivity contribution in [3.05, 3.63) is 108 Å². The van der Waals surface area contributed by atoms with Gasteiger partial charge in [0.2, 0.25) is 0 Å². The smallest absolute Gasteiger partial charge is 0.408 e. The lowest BCUT2D eigenvalue weighted by Crippen LogP contribution is -2.42. The Bertz CT molecular complexity index is 932. The minimum atomic E-state index is -1.29. The van der Waals surface area contributed by atoms with E-state index >= 15 is 0 Å². The van der Waals surface area contributed by atoms with E-state index in [1.807, 2.05) is 66.7 Å². The molecule has 0 aliphatic rings. The van der Waals surface area contributed by atoms with Crippen molar-refractivity contribution in [2.45, 2.75) is 25.4 Å². The summed E-state index contributed by atoms with van der Waals surface area (Å²) in [5, 5.41) is 12.4. The van der Waals surface area contributed by atoms with Crippen molar-refractivity contribution in [3.8, 4) is 0 Å². The number of benzene rings is 3. The standard InChI is InChI=1S/C24H23NO5/c26-23(27)22(29-16-18-10-4-1-5-11-18)21(20-14-8-3-9-15-20)25-24(28)30-17-19-12-6-2-7-13-19/h1-15,21-22H,16-17H2,(H,25,28)(H,26,27)/t21-,22+/m0/s1. The normalized spacial score (nSPS) is 12.5. The van der Waals surface area contributed by atoms with Crippen molar-refractivity contribution in [2.75, 3.05) is 0 Å². The molecule has 2 N–H and O–H groups in total. The fourth-order valence-electron chi connectivity index (χ4n) is 2.96. The molecule has 3 rings (SSSR count). The summed E-state index contributed by atoms with van der Waals surface area (Å²) in [6.45, 7) is 0.179. The lowest BCUT2D eigenvalue weighted by atomic mass is 10.0. The highest BCUT2D eigenvalue weighted by Gasteiger charge is 2.32. The zero-order valence-corrected chi connectivity index (χ0v) is 16.3. The second-order valence-electron chi connectivity index (χ2n) is 6.65. The number of carboxylic acids is 1. The summed E-state index contributed by atoms with van der Waals surface area (Å²) in [4.78, 5) is 24.4. The number of carbonyl (C=O) groups excluding carboxylic acids is 1. The average Bonchev–Trinajstić information content (AvgIpc) is 2.79. The number of nitrogens with one attached hydrogen (secondary N) is 1. The largest absolute Gasteiger partial charge is 0.479 e. The van der Waals surface area contributed by atoms with E-state index in [2.05, 4.69) is 5.32 Å². The first-order chi connectivity index (χ1) is 14.6. The Labute approximate surface area is 175 Å². The van der Waals surface area contributed by atoms with E-state index in [0.29, 0.717) is 5.56 Å². The molecule has 0 aliphatic carbocycles. The van der Waals surface area contributed by atoms with Crippen LogP contribution in [0.15, 0.2) is 91.0 Å². The van der Waals surface area contributed by atoms with Crippen LogP contribution in [0.2, 0.25) is 0 Å². The third kappa shape index (κ3) is 6.18. The lowest BCUT2D eigenvalue weighted by Gasteiger charge is -2.25. The summed E-state index contributed by atoms with van der Waals surface area (Å²) in [5.74, 6) is -1.18. The maximum absolute atomic E-state index is 12.4. The first kappa shape index (κ1) is 21.1. The van der Waals surface area contributed by atoms with Crippen molar-refractivity contribution < 1.29 is 24.2 Å². The molecule has 0 aromatic heterocycles. The number of carbonyl (C=O) groups is 2. The molecule has 0 radical (unpaired) electrons. The van der Waals surface area contributed by atoms with Gasteiger partial charge in [0.05, 0.1) is 12.6 Å². The number of carboxylic acid groups (broad SMARTS) is 1. The van der Waals surface area contributed by atoms with Gasteiger partial charge < -0.3 is 19.9 Å². The van der Waals surface area contributed by atoms with Crippen molar-refractivity contribution in [1.29, 1.82) is 0 Å². The molecule has 1 amide bonds. The molecule has 0 saturated carbocycles. The van der Waals surface area contributed by atoms with Crippen LogP contribution in [-0.4, -0.2) is 23.3 Å². The summed E-state index contributed by atoms with van der Waals surface area (Å²) in [6.07, 6.45) is -2.01. The Kier molecular flexibility index (Phi) is 7.58. The van der Waals surface area contributed by atoms with Gasteiger partial charge in [-0.1, -0.05) is 91.0 Å². The van der Waals surface area contributed by atoms with Gasteiger partial charge in [0.15, 0.2) is 6.10 Å². The molecule has 0 heterocycles. The topological polar surface area (TPSA) is 84.9 Å². The van der Waals surface area contributed by atoms with Crippen molar-refractivity contribution >= 4 is 12.1 Å². The second kappa shape index (κ2) is 10.8. The average molecular weight is 405 g/mol. The number of alkyl carbamates (subject to hydrolysis) is 1. The van der Waals surface area contributed by atoms with E-state index in [0.717, 1.165) is 11.1 Å². The number of amides is 1. The van der Waals surface area contributed by atoms with Gasteiger partial charge in [-0.05, 0) is 16.7 Å². The molecule has 0 aliphatic heterocycles. The van der Waals surface area contributed by atoms with Gasteiger partial charge in [0, 0.05) is 0 Å². The number of rotatable bonds is 9. The Morgan fingerprint density at radius 2 is 1.27 bits per heavy atom. The summed E-state index contributed by atoms with van der Waals surface area (Å²) in [7, 11) is 0. The molecular weight excluding hydrogens is 382 g/mol. The van der Waals surface area contributed by atoms with E-state index in [-0.39, 0.29) is 13.2 Å². The summed E-state index contributed by atoms with van der Waals surface area (Å²) >= 11 is 0. The number of aliphatic carboxylic acids is 1. The van der Waals surface area contributed by atoms with Gasteiger partial charge in [-0.3, -0.25) is 0 Å². The zero-order chi connectivity index (χ0) is 21.2. The Morgan fingerprint density at radius 1 is 0.767 bits per heavy atom. The third-order valence-corrected chi connectivity index (χ3v) is 4.46. The predicted octanol–water partition coefficient (Wildman–Crippen LogP) is 4.32. The Hall–Kier alpha value is -3.64. The van der Waals surface area contributed by atoms with Crippen LogP contribution in [0.25, 0.3) is 0 Å². The number of hydrogen-bond acceptors (Lipinski definition) is 4. The SMILES string of the molecule is O=C(N[C@@H](c1ccccc1)[C@@H](OCc1ccccc1)C(=O)O)OCc1ccccc1. The van der Waals surface area contributed by atoms with Crippen LogP contribution >= 0.6 is 0 Å². The molecule has 0 fully saturated rings. The first-order valence-electron chi connectivity index (χ1n) is 9.54. The molecule has 0 bridgehead atoms. The molecule has 30 heavy (non-hydrogen) atoms. The van der Waals surface area contributed by atoms with Crippen LogP contribution in [-0.2, 0) is 27.5 Å². The monoisotopic (exact) mass is 405 g/mol. The Balaban J connectivity index is 1.72. The summed E-state index contributed by atoms with van der Waals surface area (Å²) in [6, 6.07) is 26.4. The second-order valence-corrected chi connectivity index (χ2v) is 6.65. The van der Waals surface area contributed by atoms with Gasteiger partial charge in [-0.15, -0.1) is 0 Å². The van der Waals surface area contributed by atoms with Crippen molar-refractivity contribution in [2.24, 2.45) is 0 Å². The maximum Gasteiger partial charge on any atom is 0.408 e. The van der Waals surface area contributed by atoms with Crippen LogP contribution in [0, 0.1) is 0 Å². The van der Waals surface area contributed by atoms with E-state index in [9.17, 15) is 14.7 Å². The molecule has 154 valence electrons. The van der Waals surface area contributed by atoms with Crippen molar-refractivity contribution in [3.63, 3.8) is 0 Å². The van der Waals surface area contributed by atoms with Gasteiger partial charge >= 0.3 is 12.1 Å². The van der Waals surface area contributed by atoms with Crippen LogP contribution in [0.4, 0.5) is 4.79 Å². The van der Waals surface area contributed by atoms with Gasteiger partial charge in [0.1, 0.15) is 6.61 Å². The van der Waals surface area contributed by atoms with E-state index in [4.69, 9.17) is 9.47 Å². The van der Waals surface area contributed by atoms with Crippen molar-refractivity contribution in [1.82, 2.24) is 5.32 Å². The van der Waals surface area contributed by atoms with Crippen LogP contribution in [0.1, 0.15) is 22.7 Å². The van der Waals surface area contributed by atoms with E-state index < -0.39 is 24.2 Å². The zero-order valence-electron chi connectivity index (χ0n) is 16.3. The molecular formula is C24H23NO5. The lowest BCUT2D eigenvalue weighted by molar-refractivity contribution is -0.153. The number of hydrogen-bond donors (Lipinski definition) is 2. The molecule has 6 nitrogen and oxygen atoms in total. The van der Waals surface area contributed by atoms with Crippen LogP contribution in [0.3, 0.4) is 0 Å². The molecule has 0 unspecified atom stereocenters. The van der Waals surface area contributed by atoms with Gasteiger partial charge in [-0.25, -0.2) is 9.59 Å². The minimum absolute atomic E-state index is 0.0802. The quantitative estimate of drug-likeness (QED) is 0.554. The first-order valence-corrected chi connectivity index (χ1v) is 9.54. The molecule has 0 saturated heterocycles. The highest BCUT2D eigenvalue weighted by Crippen LogP contribution is 2.21. The predicted molar refractivity (Wildman–Crippen MR) is 112 cm³/mol. The molecule has 2 atom stereocenters. The summed E-state index contributed by atoms with van der Waals surface area (Å²) in [5.41, 5.74) is 2.27. The van der Waals surface area contributed by atoms with Gasteiger partial charge in [-0.2, -0.15) is 0 Å². The van der Waals surface area contributed by atoms with Crippen LogP contribution in [0.5, 0.6) is 0 Å². The van der Waals surface area contributed by atoms with Gasteiger partial charge in [0.25, 0.3) is 0 Å². The maximum atomic E-state index is 12.4. The molecule has 0 spiro atoms. The highest BCUT2D eigenvalue weighted by atomic mass is 16.6. The third-order valence-electron chi connectivity index (χ3n) is 4.46. The Morgan fingerprint density at radius 3 is 1.80 bits per heavy atom. The molecule has 3 aromatic carbocycles. The highest BCUT2D eigenvalue weighted by molar-refractivity contribution is 5.76. The van der Waals surface area contributed by atoms with Crippen LogP contribution < -0.4 is 5.32 Å². The minimum Gasteiger partial charge on any atom is -0.479 e. The van der Waals surface area contributed by atoms with E-state index in [1.165, 1.54) is 0 Å². The summed E-state index contributed by atoms with van der Waals surface area (Å²) < 4.78 is 11.0.